The fraction of sp³-hybridized carbons (Fsp3) is 0.864. The van der Waals surface area contributed by atoms with Crippen LogP contribution in [0.15, 0.2) is 11.1 Å². The van der Waals surface area contributed by atoms with Gasteiger partial charge < -0.3 is 20.4 Å². The summed E-state index contributed by atoms with van der Waals surface area (Å²) in [5.41, 5.74) is 0.285. The predicted octanol–water partition coefficient (Wildman–Crippen LogP) is 1.96. The predicted molar refractivity (Wildman–Crippen MR) is 101 cm³/mol. The summed E-state index contributed by atoms with van der Waals surface area (Å²) in [6.07, 6.45) is 3.85. The summed E-state index contributed by atoms with van der Waals surface area (Å²) >= 11 is 0. The Kier molecular flexibility index (Phi) is 4.44. The van der Waals surface area contributed by atoms with Gasteiger partial charge in [-0.3, -0.25) is 4.79 Å². The quantitative estimate of drug-likeness (QED) is 0.551. The number of ketones is 1. The van der Waals surface area contributed by atoms with E-state index in [4.69, 9.17) is 0 Å². The van der Waals surface area contributed by atoms with E-state index in [1.165, 1.54) is 11.1 Å². The second-order valence-corrected chi connectivity index (χ2v) is 10.2. The van der Waals surface area contributed by atoms with Crippen molar-refractivity contribution >= 4 is 5.78 Å². The van der Waals surface area contributed by atoms with Crippen molar-refractivity contribution < 1.29 is 25.2 Å². The smallest absolute Gasteiger partial charge is 0.190 e. The van der Waals surface area contributed by atoms with Gasteiger partial charge in [-0.15, -0.1) is 0 Å². The molecule has 3 fully saturated rings. The number of carbonyl (C=O) groups excluding carboxylic acids is 1. The molecular formula is C22H34O5. The first-order valence-corrected chi connectivity index (χ1v) is 10.5. The van der Waals surface area contributed by atoms with Gasteiger partial charge in [-0.2, -0.15) is 0 Å². The van der Waals surface area contributed by atoms with Crippen LogP contribution in [-0.4, -0.2) is 50.6 Å². The van der Waals surface area contributed by atoms with Gasteiger partial charge in [0.2, 0.25) is 0 Å². The minimum Gasteiger partial charge on any atom is -0.393 e. The van der Waals surface area contributed by atoms with Crippen LogP contribution in [0.2, 0.25) is 0 Å². The van der Waals surface area contributed by atoms with Gasteiger partial charge in [0.25, 0.3) is 0 Å². The molecule has 5 nitrogen and oxygen atoms in total. The van der Waals surface area contributed by atoms with E-state index in [9.17, 15) is 25.2 Å². The molecule has 8 atom stereocenters. The molecular weight excluding hydrogens is 344 g/mol. The maximum atomic E-state index is 12.4. The molecule has 2 unspecified atom stereocenters. The average molecular weight is 379 g/mol. The topological polar surface area (TPSA) is 98.0 Å². The first kappa shape index (κ1) is 19.6. The summed E-state index contributed by atoms with van der Waals surface area (Å²) in [5, 5.41) is 42.2. The van der Waals surface area contributed by atoms with Crippen molar-refractivity contribution in [3.8, 4) is 0 Å². The Morgan fingerprint density at radius 3 is 2.52 bits per heavy atom. The van der Waals surface area contributed by atoms with Gasteiger partial charge in [-0.25, -0.2) is 0 Å². The number of hydrogen-bond acceptors (Lipinski definition) is 5. The molecule has 3 saturated carbocycles. The zero-order valence-corrected chi connectivity index (χ0v) is 16.7. The van der Waals surface area contributed by atoms with Crippen LogP contribution in [0.1, 0.15) is 65.7 Å². The molecule has 0 amide bonds. The van der Waals surface area contributed by atoms with Crippen molar-refractivity contribution in [1.29, 1.82) is 0 Å². The van der Waals surface area contributed by atoms with E-state index in [-0.39, 0.29) is 29.3 Å². The number of allylic oxidation sites excluding steroid dienone is 1. The Bertz CT molecular complexity index is 686. The zero-order valence-electron chi connectivity index (χ0n) is 16.7. The van der Waals surface area contributed by atoms with Crippen LogP contribution in [0.5, 0.6) is 0 Å². The third-order valence-electron chi connectivity index (χ3n) is 9.13. The first-order valence-electron chi connectivity index (χ1n) is 10.5. The van der Waals surface area contributed by atoms with E-state index in [0.717, 1.165) is 25.7 Å². The SMILES string of the molecule is CC1=C2CC(O)CC[C@]2(C)[C@H]2C(O)C[C@@]3(C)[C@@H](CC[C@]3(O)C(=O)CO)[C@@H]2C1. The second kappa shape index (κ2) is 6.12. The number of fused-ring (bicyclic) bond motifs is 5. The highest BCUT2D eigenvalue weighted by molar-refractivity contribution is 5.89. The second-order valence-electron chi connectivity index (χ2n) is 10.2. The van der Waals surface area contributed by atoms with E-state index in [1.807, 2.05) is 6.92 Å². The minimum atomic E-state index is -1.54. The van der Waals surface area contributed by atoms with Crippen LogP contribution in [-0.2, 0) is 4.79 Å². The summed E-state index contributed by atoms with van der Waals surface area (Å²) in [7, 11) is 0. The fourth-order valence-electron chi connectivity index (χ4n) is 7.83. The zero-order chi connectivity index (χ0) is 19.8. The van der Waals surface area contributed by atoms with Gasteiger partial charge in [0.05, 0.1) is 12.2 Å². The number of rotatable bonds is 2. The van der Waals surface area contributed by atoms with Crippen molar-refractivity contribution in [1.82, 2.24) is 0 Å². The molecule has 0 spiro atoms. The minimum absolute atomic E-state index is 0.105. The van der Waals surface area contributed by atoms with Crippen molar-refractivity contribution in [2.75, 3.05) is 6.61 Å². The molecule has 4 N–H and O–H groups in total. The maximum absolute atomic E-state index is 12.4. The standard InChI is InChI=1S/C22H34O5/c1-12-8-14-15-5-7-22(27,18(26)11-23)21(15,3)10-17(25)19(14)20(2)6-4-13(24)9-16(12)20/h13-15,17,19,23-25,27H,4-11H2,1-3H3/t13?,14-,15-,17?,19+,20-,21-,22-/m0/s1. The third kappa shape index (κ3) is 2.41. The number of aliphatic hydroxyl groups excluding tert-OH is 3. The average Bonchev–Trinajstić information content (AvgIpc) is 2.87. The Balaban J connectivity index is 1.77. The molecule has 4 rings (SSSR count). The molecule has 0 aromatic rings. The van der Waals surface area contributed by atoms with Crippen LogP contribution in [0.3, 0.4) is 0 Å². The molecule has 27 heavy (non-hydrogen) atoms. The van der Waals surface area contributed by atoms with Crippen LogP contribution in [0, 0.1) is 28.6 Å². The molecule has 0 aliphatic heterocycles. The van der Waals surface area contributed by atoms with Gasteiger partial charge in [0.15, 0.2) is 5.78 Å². The van der Waals surface area contributed by atoms with Gasteiger partial charge >= 0.3 is 0 Å². The van der Waals surface area contributed by atoms with Crippen LogP contribution >= 0.6 is 0 Å². The Morgan fingerprint density at radius 2 is 1.85 bits per heavy atom. The highest BCUT2D eigenvalue weighted by Crippen LogP contribution is 2.68. The lowest BCUT2D eigenvalue weighted by atomic mass is 9.45. The van der Waals surface area contributed by atoms with E-state index in [0.29, 0.717) is 19.3 Å². The number of Topliss-reactive ketones (excluding diaryl/α,β-unsaturated/α-hetero) is 1. The lowest BCUT2D eigenvalue weighted by Gasteiger charge is -2.61. The van der Waals surface area contributed by atoms with Crippen molar-refractivity contribution in [2.45, 2.75) is 83.5 Å². The van der Waals surface area contributed by atoms with E-state index >= 15 is 0 Å². The highest BCUT2D eigenvalue weighted by atomic mass is 16.3. The van der Waals surface area contributed by atoms with Crippen molar-refractivity contribution in [2.24, 2.45) is 28.6 Å². The molecule has 0 radical (unpaired) electrons. The van der Waals surface area contributed by atoms with Crippen LogP contribution in [0.4, 0.5) is 0 Å². The molecule has 0 bridgehead atoms. The number of hydrogen-bond donors (Lipinski definition) is 4. The Labute approximate surface area is 161 Å². The molecule has 0 saturated heterocycles. The highest BCUT2D eigenvalue weighted by Gasteiger charge is 2.68. The van der Waals surface area contributed by atoms with Gasteiger partial charge in [-0.05, 0) is 75.0 Å². The molecule has 0 aromatic heterocycles. The molecule has 5 heteroatoms. The van der Waals surface area contributed by atoms with Crippen LogP contribution in [0.25, 0.3) is 0 Å². The maximum Gasteiger partial charge on any atom is 0.190 e. The van der Waals surface area contributed by atoms with Gasteiger partial charge in [0, 0.05) is 5.41 Å². The molecule has 152 valence electrons. The summed E-state index contributed by atoms with van der Waals surface area (Å²) in [6, 6.07) is 0. The van der Waals surface area contributed by atoms with Crippen molar-refractivity contribution in [3.05, 3.63) is 11.1 Å². The number of aliphatic hydroxyl groups is 4. The molecule has 0 aromatic carbocycles. The fourth-order valence-corrected chi connectivity index (χ4v) is 7.83. The summed E-state index contributed by atoms with van der Waals surface area (Å²) < 4.78 is 0. The largest absolute Gasteiger partial charge is 0.393 e. The molecule has 4 aliphatic rings. The Morgan fingerprint density at radius 1 is 1.15 bits per heavy atom. The number of carbonyl (C=O) groups is 1. The molecule has 4 aliphatic carbocycles. The van der Waals surface area contributed by atoms with E-state index < -0.39 is 29.5 Å². The Hall–Kier alpha value is -0.750. The van der Waals surface area contributed by atoms with E-state index in [2.05, 4.69) is 13.8 Å². The van der Waals surface area contributed by atoms with Crippen molar-refractivity contribution in [3.63, 3.8) is 0 Å². The molecule has 0 heterocycles. The summed E-state index contributed by atoms with van der Waals surface area (Å²) in [4.78, 5) is 12.4. The lowest BCUT2D eigenvalue weighted by molar-refractivity contribution is -0.181. The summed E-state index contributed by atoms with van der Waals surface area (Å²) in [6.45, 7) is 5.70. The van der Waals surface area contributed by atoms with E-state index in [1.54, 1.807) is 0 Å². The third-order valence-corrected chi connectivity index (χ3v) is 9.13. The first-order chi connectivity index (χ1) is 12.6. The van der Waals surface area contributed by atoms with Crippen LogP contribution < -0.4 is 0 Å². The lowest BCUT2D eigenvalue weighted by Crippen LogP contribution is -2.62. The van der Waals surface area contributed by atoms with Gasteiger partial charge in [-0.1, -0.05) is 25.0 Å². The normalized spacial score (nSPS) is 52.2. The monoisotopic (exact) mass is 378 g/mol. The summed E-state index contributed by atoms with van der Waals surface area (Å²) in [5.74, 6) is -0.0166. The van der Waals surface area contributed by atoms with Gasteiger partial charge in [0.1, 0.15) is 12.2 Å².